The van der Waals surface area contributed by atoms with Gasteiger partial charge in [-0.15, -0.1) is 0 Å². The van der Waals surface area contributed by atoms with Crippen LogP contribution in [0.15, 0.2) is 42.6 Å². The lowest BCUT2D eigenvalue weighted by Crippen LogP contribution is -2.46. The number of carbonyl (C=O) groups is 1. The first-order chi connectivity index (χ1) is 10.0. The molecule has 1 atom stereocenters. The third-order valence-corrected chi connectivity index (χ3v) is 4.30. The first kappa shape index (κ1) is 14.2. The average Bonchev–Trinajstić information content (AvgIpc) is 2.47. The van der Waals surface area contributed by atoms with E-state index < -0.39 is 17.3 Å². The lowest BCUT2D eigenvalue weighted by Gasteiger charge is -2.44. The quantitative estimate of drug-likeness (QED) is 0.947. The van der Waals surface area contributed by atoms with E-state index in [-0.39, 0.29) is 23.6 Å². The van der Waals surface area contributed by atoms with Gasteiger partial charge in [-0.05, 0) is 29.8 Å². The maximum absolute atomic E-state index is 13.3. The summed E-state index contributed by atoms with van der Waals surface area (Å²) in [4.78, 5) is 15.7. The molecule has 0 unspecified atom stereocenters. The minimum absolute atomic E-state index is 0.0144. The fourth-order valence-corrected chi connectivity index (χ4v) is 3.01. The van der Waals surface area contributed by atoms with Crippen LogP contribution in [0.2, 0.25) is 5.02 Å². The van der Waals surface area contributed by atoms with Crippen LogP contribution in [0.25, 0.3) is 0 Å². The molecule has 0 spiro atoms. The van der Waals surface area contributed by atoms with Crippen molar-refractivity contribution in [1.29, 1.82) is 0 Å². The number of Topliss-reactive ketones (excluding diaryl/α,β-unsaturated/α-hetero) is 1. The number of ketones is 1. The van der Waals surface area contributed by atoms with E-state index in [0.717, 1.165) is 0 Å². The van der Waals surface area contributed by atoms with Gasteiger partial charge < -0.3 is 5.11 Å². The highest BCUT2D eigenvalue weighted by Crippen LogP contribution is 2.50. The largest absolute Gasteiger partial charge is 0.386 e. The number of aliphatic hydroxyl groups excluding tert-OH is 1. The molecule has 1 aromatic carbocycles. The predicted octanol–water partition coefficient (Wildman–Crippen LogP) is 3.21. The first-order valence-corrected chi connectivity index (χ1v) is 6.97. The summed E-state index contributed by atoms with van der Waals surface area (Å²) in [7, 11) is 0. The van der Waals surface area contributed by atoms with Gasteiger partial charge in [0.2, 0.25) is 0 Å². The Bertz CT molecular complexity index is 682. The summed E-state index contributed by atoms with van der Waals surface area (Å²) in [5.41, 5.74) is 0.375. The lowest BCUT2D eigenvalue weighted by atomic mass is 9.59. The molecule has 108 valence electrons. The van der Waals surface area contributed by atoms with Gasteiger partial charge in [0.25, 0.3) is 0 Å². The first-order valence-electron chi connectivity index (χ1n) is 6.59. The maximum atomic E-state index is 13.3. The van der Waals surface area contributed by atoms with Crippen LogP contribution in [0.3, 0.4) is 0 Å². The molecule has 1 heterocycles. The van der Waals surface area contributed by atoms with Gasteiger partial charge in [-0.3, -0.25) is 9.78 Å². The number of nitrogens with zero attached hydrogens (tertiary/aromatic N) is 1. The molecule has 0 aliphatic heterocycles. The SMILES string of the molecule is O=C1CC(c2ccc(F)c(Cl)c2)([C@H](O)c2ccccn2)C1. The minimum Gasteiger partial charge on any atom is -0.386 e. The van der Waals surface area contributed by atoms with Crippen molar-refractivity contribution in [3.63, 3.8) is 0 Å². The number of aromatic nitrogens is 1. The second kappa shape index (κ2) is 5.20. The van der Waals surface area contributed by atoms with Crippen molar-refractivity contribution in [2.24, 2.45) is 0 Å². The maximum Gasteiger partial charge on any atom is 0.141 e. The smallest absolute Gasteiger partial charge is 0.141 e. The molecule has 0 radical (unpaired) electrons. The number of hydrogen-bond donors (Lipinski definition) is 1. The zero-order valence-electron chi connectivity index (χ0n) is 11.1. The molecule has 2 aromatic rings. The van der Waals surface area contributed by atoms with E-state index >= 15 is 0 Å². The number of rotatable bonds is 3. The number of carbonyl (C=O) groups excluding carboxylic acids is 1. The molecular formula is C16H13ClFNO2. The highest BCUT2D eigenvalue weighted by Gasteiger charge is 2.51. The summed E-state index contributed by atoms with van der Waals surface area (Å²) in [6, 6.07) is 9.55. The van der Waals surface area contributed by atoms with Gasteiger partial charge in [0, 0.05) is 24.5 Å². The second-order valence-corrected chi connectivity index (χ2v) is 5.74. The summed E-state index contributed by atoms with van der Waals surface area (Å²) in [6.45, 7) is 0. The Kier molecular flexibility index (Phi) is 3.51. The Morgan fingerprint density at radius 1 is 1.29 bits per heavy atom. The Hall–Kier alpha value is -1.78. The van der Waals surface area contributed by atoms with E-state index in [9.17, 15) is 14.3 Å². The van der Waals surface area contributed by atoms with Crippen LogP contribution in [-0.2, 0) is 10.2 Å². The molecule has 0 amide bonds. The molecule has 0 bridgehead atoms. The number of pyridine rings is 1. The Labute approximate surface area is 126 Å². The monoisotopic (exact) mass is 305 g/mol. The Morgan fingerprint density at radius 2 is 2.05 bits per heavy atom. The van der Waals surface area contributed by atoms with Crippen LogP contribution < -0.4 is 0 Å². The van der Waals surface area contributed by atoms with E-state index in [4.69, 9.17) is 11.6 Å². The van der Waals surface area contributed by atoms with Gasteiger partial charge >= 0.3 is 0 Å². The zero-order chi connectivity index (χ0) is 15.0. The molecule has 1 fully saturated rings. The fourth-order valence-electron chi connectivity index (χ4n) is 2.83. The van der Waals surface area contributed by atoms with Crippen LogP contribution >= 0.6 is 11.6 Å². The predicted molar refractivity (Wildman–Crippen MR) is 76.5 cm³/mol. The van der Waals surface area contributed by atoms with Crippen LogP contribution in [0.4, 0.5) is 4.39 Å². The summed E-state index contributed by atoms with van der Waals surface area (Å²) in [6.07, 6.45) is 1.06. The minimum atomic E-state index is -0.932. The van der Waals surface area contributed by atoms with Crippen LogP contribution in [-0.4, -0.2) is 15.9 Å². The second-order valence-electron chi connectivity index (χ2n) is 5.33. The molecule has 1 aliphatic carbocycles. The third-order valence-electron chi connectivity index (χ3n) is 4.01. The molecular weight excluding hydrogens is 293 g/mol. The van der Waals surface area contributed by atoms with Crippen molar-refractivity contribution in [3.8, 4) is 0 Å². The summed E-state index contributed by atoms with van der Waals surface area (Å²) in [5, 5.41) is 10.7. The Balaban J connectivity index is 2.04. The molecule has 21 heavy (non-hydrogen) atoms. The zero-order valence-corrected chi connectivity index (χ0v) is 11.8. The van der Waals surface area contributed by atoms with Crippen molar-refractivity contribution in [1.82, 2.24) is 4.98 Å². The van der Waals surface area contributed by atoms with E-state index in [1.54, 1.807) is 30.5 Å². The number of benzene rings is 1. The molecule has 3 rings (SSSR count). The molecule has 3 nitrogen and oxygen atoms in total. The van der Waals surface area contributed by atoms with Crippen molar-refractivity contribution < 1.29 is 14.3 Å². The highest BCUT2D eigenvalue weighted by atomic mass is 35.5. The fraction of sp³-hybridized carbons (Fsp3) is 0.250. The van der Waals surface area contributed by atoms with E-state index in [1.807, 2.05) is 0 Å². The van der Waals surface area contributed by atoms with Crippen molar-refractivity contribution in [2.75, 3.05) is 0 Å². The van der Waals surface area contributed by atoms with Crippen LogP contribution in [0, 0.1) is 5.82 Å². The molecule has 1 aliphatic rings. The standard InChI is InChI=1S/C16H13ClFNO2/c17-12-7-10(4-5-13(12)18)16(8-11(20)9-16)15(21)14-3-1-2-6-19-14/h1-7,15,21H,8-9H2/t15-/m1/s1. The third kappa shape index (κ3) is 2.34. The van der Waals surface area contributed by atoms with E-state index in [2.05, 4.69) is 4.98 Å². The van der Waals surface area contributed by atoms with Gasteiger partial charge in [0.15, 0.2) is 0 Å². The topological polar surface area (TPSA) is 50.2 Å². The average molecular weight is 306 g/mol. The number of halogens is 2. The Morgan fingerprint density at radius 3 is 2.62 bits per heavy atom. The van der Waals surface area contributed by atoms with Gasteiger partial charge in [0.05, 0.1) is 10.7 Å². The summed E-state index contributed by atoms with van der Waals surface area (Å²) >= 11 is 5.83. The van der Waals surface area contributed by atoms with Crippen molar-refractivity contribution in [3.05, 3.63) is 64.7 Å². The van der Waals surface area contributed by atoms with Gasteiger partial charge in [-0.25, -0.2) is 4.39 Å². The molecule has 1 N–H and O–H groups in total. The number of aliphatic hydroxyl groups is 1. The normalized spacial score (nSPS) is 18.1. The summed E-state index contributed by atoms with van der Waals surface area (Å²) < 4.78 is 13.3. The molecule has 0 saturated heterocycles. The van der Waals surface area contributed by atoms with Crippen molar-refractivity contribution >= 4 is 17.4 Å². The summed E-state index contributed by atoms with van der Waals surface area (Å²) in [5.74, 6) is -0.459. The van der Waals surface area contributed by atoms with Crippen LogP contribution in [0.5, 0.6) is 0 Å². The molecule has 1 aromatic heterocycles. The van der Waals surface area contributed by atoms with Gasteiger partial charge in [0.1, 0.15) is 17.7 Å². The molecule has 5 heteroatoms. The highest BCUT2D eigenvalue weighted by molar-refractivity contribution is 6.30. The number of hydrogen-bond acceptors (Lipinski definition) is 3. The molecule has 1 saturated carbocycles. The van der Waals surface area contributed by atoms with Crippen molar-refractivity contribution in [2.45, 2.75) is 24.4 Å². The van der Waals surface area contributed by atoms with E-state index in [0.29, 0.717) is 11.3 Å². The van der Waals surface area contributed by atoms with Gasteiger partial charge in [-0.2, -0.15) is 0 Å². The van der Waals surface area contributed by atoms with Crippen LogP contribution in [0.1, 0.15) is 30.2 Å². The van der Waals surface area contributed by atoms with E-state index in [1.165, 1.54) is 12.1 Å². The lowest BCUT2D eigenvalue weighted by molar-refractivity contribution is -0.133. The van der Waals surface area contributed by atoms with Gasteiger partial charge in [-0.1, -0.05) is 23.7 Å².